The predicted octanol–water partition coefficient (Wildman–Crippen LogP) is 1.68. The van der Waals surface area contributed by atoms with Gasteiger partial charge in [0.05, 0.1) is 6.04 Å². The number of benzene rings is 1. The Kier molecular flexibility index (Phi) is 3.91. The van der Waals surface area contributed by atoms with Gasteiger partial charge in [-0.3, -0.25) is 4.79 Å². The summed E-state index contributed by atoms with van der Waals surface area (Å²) in [4.78, 5) is 11.5. The lowest BCUT2D eigenvalue weighted by atomic mass is 10.0. The van der Waals surface area contributed by atoms with Crippen molar-refractivity contribution in [1.82, 2.24) is 5.32 Å². The number of nitrogens with one attached hydrogen (secondary N) is 1. The van der Waals surface area contributed by atoms with Gasteiger partial charge in [-0.1, -0.05) is 6.07 Å². The van der Waals surface area contributed by atoms with E-state index in [-0.39, 0.29) is 18.2 Å². The van der Waals surface area contributed by atoms with Crippen LogP contribution in [0.25, 0.3) is 0 Å². The van der Waals surface area contributed by atoms with Crippen molar-refractivity contribution >= 4 is 5.78 Å². The van der Waals surface area contributed by atoms with Crippen LogP contribution in [0.15, 0.2) is 18.2 Å². The second-order valence-corrected chi connectivity index (χ2v) is 3.40. The molecule has 0 bridgehead atoms. The molecule has 1 aromatic rings. The molecule has 82 valence electrons. The van der Waals surface area contributed by atoms with Gasteiger partial charge in [0.15, 0.2) is 17.4 Å². The maximum absolute atomic E-state index is 12.8. The molecule has 1 unspecified atom stereocenters. The molecule has 0 aromatic heterocycles. The lowest BCUT2D eigenvalue weighted by Gasteiger charge is -2.08. The number of carbonyl (C=O) groups is 1. The Balaban J connectivity index is 2.73. The molecule has 1 N–H and O–H groups in total. The molecule has 1 aromatic carbocycles. The van der Waals surface area contributed by atoms with E-state index in [9.17, 15) is 13.6 Å². The third-order valence-corrected chi connectivity index (χ3v) is 2.28. The highest BCUT2D eigenvalue weighted by molar-refractivity contribution is 5.85. The Labute approximate surface area is 87.3 Å². The Hall–Kier alpha value is -1.29. The Bertz CT molecular complexity index is 366. The van der Waals surface area contributed by atoms with Gasteiger partial charge in [-0.25, -0.2) is 8.78 Å². The van der Waals surface area contributed by atoms with Crippen molar-refractivity contribution in [2.75, 3.05) is 7.05 Å². The zero-order chi connectivity index (χ0) is 11.4. The zero-order valence-electron chi connectivity index (χ0n) is 8.68. The summed E-state index contributed by atoms with van der Waals surface area (Å²) in [7, 11) is 1.67. The van der Waals surface area contributed by atoms with Crippen molar-refractivity contribution in [2.24, 2.45) is 0 Å². The lowest BCUT2D eigenvalue weighted by molar-refractivity contribution is -0.119. The van der Waals surface area contributed by atoms with E-state index >= 15 is 0 Å². The smallest absolute Gasteiger partial charge is 0.159 e. The molecule has 0 saturated heterocycles. The Morgan fingerprint density at radius 2 is 2.07 bits per heavy atom. The van der Waals surface area contributed by atoms with Gasteiger partial charge in [0, 0.05) is 6.42 Å². The van der Waals surface area contributed by atoms with Gasteiger partial charge in [0.2, 0.25) is 0 Å². The predicted molar refractivity (Wildman–Crippen MR) is 53.6 cm³/mol. The van der Waals surface area contributed by atoms with Crippen LogP contribution in [0.2, 0.25) is 0 Å². The minimum atomic E-state index is -0.919. The van der Waals surface area contributed by atoms with E-state index < -0.39 is 11.6 Å². The number of ketones is 1. The molecule has 0 radical (unpaired) electrons. The van der Waals surface area contributed by atoms with E-state index in [4.69, 9.17) is 0 Å². The van der Waals surface area contributed by atoms with E-state index in [0.29, 0.717) is 5.56 Å². The second-order valence-electron chi connectivity index (χ2n) is 3.40. The number of rotatable bonds is 4. The third-order valence-electron chi connectivity index (χ3n) is 2.28. The van der Waals surface area contributed by atoms with Gasteiger partial charge in [0.25, 0.3) is 0 Å². The van der Waals surface area contributed by atoms with Crippen LogP contribution in [0, 0.1) is 11.6 Å². The van der Waals surface area contributed by atoms with Crippen LogP contribution in [-0.2, 0) is 11.2 Å². The first-order valence-corrected chi connectivity index (χ1v) is 4.68. The molecule has 0 spiro atoms. The second kappa shape index (κ2) is 4.98. The first kappa shape index (κ1) is 11.8. The van der Waals surface area contributed by atoms with Crippen molar-refractivity contribution in [3.05, 3.63) is 35.4 Å². The lowest BCUT2D eigenvalue weighted by Crippen LogP contribution is -2.31. The third kappa shape index (κ3) is 3.09. The molecule has 1 rings (SSSR count). The van der Waals surface area contributed by atoms with Crippen LogP contribution < -0.4 is 5.32 Å². The van der Waals surface area contributed by atoms with E-state index in [1.807, 2.05) is 0 Å². The SMILES string of the molecule is CNC(C)C(=O)Cc1ccc(F)c(F)c1. The number of carbonyl (C=O) groups excluding carboxylic acids is 1. The molecule has 4 heteroatoms. The zero-order valence-corrected chi connectivity index (χ0v) is 8.68. The molecule has 2 nitrogen and oxygen atoms in total. The van der Waals surface area contributed by atoms with Crippen LogP contribution in [0.5, 0.6) is 0 Å². The molecular weight excluding hydrogens is 200 g/mol. The summed E-state index contributed by atoms with van der Waals surface area (Å²) in [5, 5.41) is 2.79. The first-order chi connectivity index (χ1) is 7.04. The molecule has 0 fully saturated rings. The topological polar surface area (TPSA) is 29.1 Å². The minimum Gasteiger partial charge on any atom is -0.311 e. The normalized spacial score (nSPS) is 12.5. The summed E-state index contributed by atoms with van der Waals surface area (Å²) in [6.45, 7) is 1.72. The number of hydrogen-bond acceptors (Lipinski definition) is 2. The summed E-state index contributed by atoms with van der Waals surface area (Å²) < 4.78 is 25.4. The van der Waals surface area contributed by atoms with Gasteiger partial charge >= 0.3 is 0 Å². The summed E-state index contributed by atoms with van der Waals surface area (Å²) in [6, 6.07) is 3.22. The monoisotopic (exact) mass is 213 g/mol. The van der Waals surface area contributed by atoms with Crippen molar-refractivity contribution in [1.29, 1.82) is 0 Å². The average Bonchev–Trinajstić information content (AvgIpc) is 2.22. The van der Waals surface area contributed by atoms with Crippen LogP contribution in [0.3, 0.4) is 0 Å². The van der Waals surface area contributed by atoms with E-state index in [1.54, 1.807) is 14.0 Å². The van der Waals surface area contributed by atoms with Gasteiger partial charge in [-0.2, -0.15) is 0 Å². The Morgan fingerprint density at radius 3 is 2.60 bits per heavy atom. The number of Topliss-reactive ketones (excluding diaryl/α,β-unsaturated/α-hetero) is 1. The minimum absolute atomic E-state index is 0.0523. The molecule has 1 atom stereocenters. The summed E-state index contributed by atoms with van der Waals surface area (Å²) in [6.07, 6.45) is 0.110. The maximum Gasteiger partial charge on any atom is 0.159 e. The van der Waals surface area contributed by atoms with Crippen molar-refractivity contribution in [2.45, 2.75) is 19.4 Å². The largest absolute Gasteiger partial charge is 0.311 e. The fourth-order valence-electron chi connectivity index (χ4n) is 1.16. The van der Waals surface area contributed by atoms with E-state index in [0.717, 1.165) is 12.1 Å². The standard InChI is InChI=1S/C11H13F2NO/c1-7(14-2)11(15)6-8-3-4-9(12)10(13)5-8/h3-5,7,14H,6H2,1-2H3. The molecule has 15 heavy (non-hydrogen) atoms. The number of halogens is 2. The van der Waals surface area contributed by atoms with Crippen molar-refractivity contribution in [3.8, 4) is 0 Å². The van der Waals surface area contributed by atoms with Crippen LogP contribution in [-0.4, -0.2) is 18.9 Å². The molecule has 0 aliphatic rings. The maximum atomic E-state index is 12.8. The average molecular weight is 213 g/mol. The molecular formula is C11H13F2NO. The van der Waals surface area contributed by atoms with Gasteiger partial charge in [-0.05, 0) is 31.7 Å². The summed E-state index contributed by atoms with van der Waals surface area (Å²) >= 11 is 0. The number of hydrogen-bond donors (Lipinski definition) is 1. The van der Waals surface area contributed by atoms with Crippen LogP contribution in [0.1, 0.15) is 12.5 Å². The quantitative estimate of drug-likeness (QED) is 0.824. The fraction of sp³-hybridized carbons (Fsp3) is 0.364. The molecule has 0 saturated carbocycles. The van der Waals surface area contributed by atoms with E-state index in [1.165, 1.54) is 6.07 Å². The Morgan fingerprint density at radius 1 is 1.40 bits per heavy atom. The summed E-state index contributed by atoms with van der Waals surface area (Å²) in [5.74, 6) is -1.87. The molecule has 0 amide bonds. The van der Waals surface area contributed by atoms with Crippen LogP contribution in [0.4, 0.5) is 8.78 Å². The first-order valence-electron chi connectivity index (χ1n) is 4.68. The van der Waals surface area contributed by atoms with Gasteiger partial charge in [0.1, 0.15) is 0 Å². The highest BCUT2D eigenvalue weighted by atomic mass is 19.2. The highest BCUT2D eigenvalue weighted by Gasteiger charge is 2.12. The summed E-state index contributed by atoms with van der Waals surface area (Å²) in [5.41, 5.74) is 0.487. The van der Waals surface area contributed by atoms with Crippen LogP contribution >= 0.6 is 0 Å². The molecule has 0 aliphatic heterocycles. The molecule has 0 aliphatic carbocycles. The van der Waals surface area contributed by atoms with Crippen molar-refractivity contribution < 1.29 is 13.6 Å². The molecule has 0 heterocycles. The van der Waals surface area contributed by atoms with Gasteiger partial charge in [-0.15, -0.1) is 0 Å². The number of likely N-dealkylation sites (N-methyl/N-ethyl adjacent to an activating group) is 1. The van der Waals surface area contributed by atoms with E-state index in [2.05, 4.69) is 5.32 Å². The van der Waals surface area contributed by atoms with Crippen molar-refractivity contribution in [3.63, 3.8) is 0 Å². The fourth-order valence-corrected chi connectivity index (χ4v) is 1.16. The highest BCUT2D eigenvalue weighted by Crippen LogP contribution is 2.09. The van der Waals surface area contributed by atoms with Gasteiger partial charge < -0.3 is 5.32 Å².